The Morgan fingerprint density at radius 1 is 0.746 bits per heavy atom. The summed E-state index contributed by atoms with van der Waals surface area (Å²) in [6, 6.07) is 18.1. The van der Waals surface area contributed by atoms with Gasteiger partial charge in [-0.15, -0.1) is 0 Å². The highest BCUT2D eigenvalue weighted by atomic mass is 32.2. The molecule has 1 saturated heterocycles. The van der Waals surface area contributed by atoms with Gasteiger partial charge in [-0.05, 0) is 89.1 Å². The van der Waals surface area contributed by atoms with Gasteiger partial charge < -0.3 is 24.6 Å². The zero-order chi connectivity index (χ0) is 46.5. The van der Waals surface area contributed by atoms with Gasteiger partial charge >= 0.3 is 23.9 Å². The van der Waals surface area contributed by atoms with Crippen LogP contribution in [0.25, 0.3) is 0 Å². The number of hydrogen-bond acceptors (Lipinski definition) is 14. The van der Waals surface area contributed by atoms with Crippen LogP contribution in [-0.4, -0.2) is 105 Å². The number of nitrogens with one attached hydrogen (secondary N) is 1. The Hall–Kier alpha value is -5.21. The molecule has 0 aromatic heterocycles. The number of carboxylic acid groups (broad SMARTS) is 2. The fourth-order valence-electron chi connectivity index (χ4n) is 7.45. The zero-order valence-electron chi connectivity index (χ0n) is 35.9. The molecule has 0 spiro atoms. The minimum atomic E-state index is -4.74. The number of rotatable bonds is 19. The monoisotopic (exact) mass is 916 g/mol. The van der Waals surface area contributed by atoms with Crippen LogP contribution in [-0.2, 0) is 68.7 Å². The molecular formula is C44H56N2O15S2. The van der Waals surface area contributed by atoms with Crippen molar-refractivity contribution >= 4 is 50.0 Å². The van der Waals surface area contributed by atoms with E-state index in [1.54, 1.807) is 32.6 Å². The number of esters is 2. The molecule has 1 aliphatic carbocycles. The topological polar surface area (TPSA) is 246 Å². The van der Waals surface area contributed by atoms with Crippen molar-refractivity contribution in [2.45, 2.75) is 132 Å². The molecule has 17 nitrogen and oxygen atoms in total. The number of aryl methyl sites for hydroxylation is 2. The fourth-order valence-corrected chi connectivity index (χ4v) is 9.52. The van der Waals surface area contributed by atoms with E-state index in [1.165, 1.54) is 24.3 Å². The normalized spacial score (nSPS) is 19.3. The van der Waals surface area contributed by atoms with E-state index in [0.717, 1.165) is 61.9 Å². The number of carbonyl (C=O) groups is 5. The third-order valence-electron chi connectivity index (χ3n) is 10.7. The molecule has 19 heteroatoms. The van der Waals surface area contributed by atoms with Crippen LogP contribution in [0.4, 0.5) is 0 Å². The number of carboxylic acids is 2. The van der Waals surface area contributed by atoms with Gasteiger partial charge in [0.05, 0.1) is 22.4 Å². The molecule has 0 bridgehead atoms. The van der Waals surface area contributed by atoms with Crippen LogP contribution in [0.5, 0.6) is 0 Å². The second kappa shape index (κ2) is 22.9. The highest BCUT2D eigenvalue weighted by Gasteiger charge is 2.49. The Morgan fingerprint density at radius 2 is 1.25 bits per heavy atom. The lowest BCUT2D eigenvalue weighted by atomic mass is 9.84. The molecule has 7 atom stereocenters. The molecule has 3 aromatic carbocycles. The van der Waals surface area contributed by atoms with Gasteiger partial charge in [0, 0.05) is 6.04 Å². The summed E-state index contributed by atoms with van der Waals surface area (Å²) in [6.07, 6.45) is 0.799. The summed E-state index contributed by atoms with van der Waals surface area (Å²) in [5.74, 6) is -4.59. The van der Waals surface area contributed by atoms with Gasteiger partial charge in [-0.1, -0.05) is 91.9 Å². The van der Waals surface area contributed by atoms with Crippen LogP contribution < -0.4 is 5.32 Å². The lowest BCUT2D eigenvalue weighted by molar-refractivity contribution is -0.161. The summed E-state index contributed by atoms with van der Waals surface area (Å²) in [4.78, 5) is 63.1. The number of ether oxygens (including phenoxy) is 2. The third-order valence-corrected chi connectivity index (χ3v) is 13.3. The first-order chi connectivity index (χ1) is 29.8. The standard InChI is InChI=1S/C26H38N2O5.C18H18O10S2/c1-4-11-21(25(30)32-5-2)27-18(3)24(29)28-22-15-10-9-14-20(22)16-23(28)26(31)33-17-19-12-7-6-8-13-19;1-11-3-7-13(8-4-11)29(23,24)27-15(17(19)20)16(18(21)22)28-30(25,26)14-9-5-12(2)6-10-14/h6-8,12-13,18,20-23,27H,4-5,9-11,14-17H2,1-3H3;3-10,15-16H,1-2H3,(H,19,20)(H,21,22)/t18-,20-,21-,22-,23-;15-,16-/m01/s1. The molecule has 3 aromatic rings. The molecule has 2 aliphatic rings. The van der Waals surface area contributed by atoms with Crippen molar-refractivity contribution in [2.75, 3.05) is 6.61 Å². The molecule has 1 saturated carbocycles. The van der Waals surface area contributed by atoms with E-state index in [2.05, 4.69) is 13.7 Å². The van der Waals surface area contributed by atoms with Crippen molar-refractivity contribution in [1.29, 1.82) is 0 Å². The molecule has 0 radical (unpaired) electrons. The number of benzene rings is 3. The maximum atomic E-state index is 13.6. The van der Waals surface area contributed by atoms with Crippen molar-refractivity contribution in [1.82, 2.24) is 10.2 Å². The van der Waals surface area contributed by atoms with Gasteiger partial charge in [-0.2, -0.15) is 16.8 Å². The molecule has 63 heavy (non-hydrogen) atoms. The van der Waals surface area contributed by atoms with Gasteiger partial charge in [-0.25, -0.2) is 22.7 Å². The molecule has 3 N–H and O–H groups in total. The number of nitrogens with zero attached hydrogens (tertiary/aromatic N) is 1. The van der Waals surface area contributed by atoms with Crippen LogP contribution >= 0.6 is 0 Å². The number of aliphatic carboxylic acids is 2. The summed E-state index contributed by atoms with van der Waals surface area (Å²) in [5, 5.41) is 21.8. The Kier molecular flexibility index (Phi) is 18.4. The van der Waals surface area contributed by atoms with Crippen molar-refractivity contribution in [3.8, 4) is 0 Å². The van der Waals surface area contributed by atoms with Crippen molar-refractivity contribution < 1.29 is 68.9 Å². The number of amides is 1. The van der Waals surface area contributed by atoms with Crippen molar-refractivity contribution in [3.05, 3.63) is 95.6 Å². The van der Waals surface area contributed by atoms with E-state index in [4.69, 9.17) is 9.47 Å². The Bertz CT molecular complexity index is 2160. The van der Waals surface area contributed by atoms with E-state index in [0.29, 0.717) is 36.5 Å². The lowest BCUT2D eigenvalue weighted by Gasteiger charge is -2.35. The molecular weight excluding hydrogens is 861 g/mol. The predicted octanol–water partition coefficient (Wildman–Crippen LogP) is 4.92. The minimum absolute atomic E-state index is 0.0528. The smallest absolute Gasteiger partial charge is 0.337 e. The quantitative estimate of drug-likeness (QED) is 0.107. The van der Waals surface area contributed by atoms with Gasteiger partial charge in [0.15, 0.2) is 0 Å². The van der Waals surface area contributed by atoms with Crippen LogP contribution in [0.1, 0.15) is 82.4 Å². The third kappa shape index (κ3) is 13.9. The first-order valence-corrected chi connectivity index (χ1v) is 23.5. The van der Waals surface area contributed by atoms with E-state index < -0.39 is 72.3 Å². The summed E-state index contributed by atoms with van der Waals surface area (Å²) in [7, 11) is -9.49. The largest absolute Gasteiger partial charge is 0.479 e. The van der Waals surface area contributed by atoms with Crippen LogP contribution in [0, 0.1) is 19.8 Å². The predicted molar refractivity (Wildman–Crippen MR) is 227 cm³/mol. The molecule has 1 heterocycles. The Morgan fingerprint density at radius 3 is 1.73 bits per heavy atom. The lowest BCUT2D eigenvalue weighted by Crippen LogP contribution is -2.55. The highest BCUT2D eigenvalue weighted by Crippen LogP contribution is 2.40. The van der Waals surface area contributed by atoms with Crippen LogP contribution in [0.15, 0.2) is 88.7 Å². The van der Waals surface area contributed by atoms with Crippen molar-refractivity contribution in [2.24, 2.45) is 5.92 Å². The average molecular weight is 917 g/mol. The molecule has 1 aliphatic heterocycles. The molecule has 2 fully saturated rings. The second-order valence-corrected chi connectivity index (χ2v) is 18.6. The summed E-state index contributed by atoms with van der Waals surface area (Å²) < 4.78 is 69.4. The van der Waals surface area contributed by atoms with Gasteiger partial charge in [0.2, 0.25) is 18.1 Å². The molecule has 0 unspecified atom stereocenters. The van der Waals surface area contributed by atoms with Crippen LogP contribution in [0.2, 0.25) is 0 Å². The van der Waals surface area contributed by atoms with E-state index >= 15 is 0 Å². The number of likely N-dealkylation sites (tertiary alicyclic amines) is 1. The average Bonchev–Trinajstić information content (AvgIpc) is 3.64. The highest BCUT2D eigenvalue weighted by molar-refractivity contribution is 7.87. The minimum Gasteiger partial charge on any atom is -0.479 e. The fraction of sp³-hybridized carbons (Fsp3) is 0.477. The first-order valence-electron chi connectivity index (χ1n) is 20.7. The number of fused-ring (bicyclic) bond motifs is 1. The maximum absolute atomic E-state index is 13.6. The summed E-state index contributed by atoms with van der Waals surface area (Å²) in [6.45, 7) is 9.40. The van der Waals surface area contributed by atoms with E-state index in [1.807, 2.05) is 37.3 Å². The Balaban J connectivity index is 0.000000278. The number of carbonyl (C=O) groups excluding carboxylic acids is 3. The Labute approximate surface area is 368 Å². The van der Waals surface area contributed by atoms with Crippen LogP contribution in [0.3, 0.4) is 0 Å². The van der Waals surface area contributed by atoms with Crippen molar-refractivity contribution in [3.63, 3.8) is 0 Å². The van der Waals surface area contributed by atoms with E-state index in [9.17, 15) is 51.0 Å². The first kappa shape index (κ1) is 50.4. The zero-order valence-corrected chi connectivity index (χ0v) is 37.5. The van der Waals surface area contributed by atoms with Gasteiger partial charge in [-0.3, -0.25) is 14.9 Å². The molecule has 5 rings (SSSR count). The SMILES string of the molecule is CCC[C@H](N[C@@H](C)C(=O)N1[C@H](C(=O)OCc2ccccc2)C[C@@H]2CCCC[C@@H]21)C(=O)OCC.Cc1ccc(S(=O)(=O)O[C@@H](C(=O)O)[C@@H](OS(=O)(=O)c2ccc(C)cc2)C(=O)O)cc1. The number of hydrogen-bond donors (Lipinski definition) is 3. The second-order valence-electron chi connectivity index (χ2n) is 15.4. The summed E-state index contributed by atoms with van der Waals surface area (Å²) in [5.41, 5.74) is 2.34. The van der Waals surface area contributed by atoms with Gasteiger partial charge in [0.25, 0.3) is 20.2 Å². The molecule has 1 amide bonds. The van der Waals surface area contributed by atoms with Gasteiger partial charge in [0.1, 0.15) is 18.7 Å². The van der Waals surface area contributed by atoms with E-state index in [-0.39, 0.29) is 30.5 Å². The maximum Gasteiger partial charge on any atom is 0.337 e. The summed E-state index contributed by atoms with van der Waals surface area (Å²) >= 11 is 0. The molecule has 344 valence electrons.